The van der Waals surface area contributed by atoms with E-state index in [4.69, 9.17) is 0 Å². The molecule has 0 bridgehead atoms. The van der Waals surface area contributed by atoms with Crippen LogP contribution in [0.5, 0.6) is 0 Å². The van der Waals surface area contributed by atoms with Crippen LogP contribution in [0.4, 0.5) is 0 Å². The predicted molar refractivity (Wildman–Crippen MR) is 143 cm³/mol. The van der Waals surface area contributed by atoms with E-state index in [0.29, 0.717) is 0 Å². The Morgan fingerprint density at radius 1 is 0.545 bits per heavy atom. The largest absolute Gasteiger partial charge is 0.549 e. The highest BCUT2D eigenvalue weighted by atomic mass is 16.4. The molecule has 1 amide bonds. The number of hydrogen-bond donors (Lipinski definition) is 0. The van der Waals surface area contributed by atoms with Crippen molar-refractivity contribution in [1.82, 2.24) is 19.6 Å². The molecule has 0 aliphatic heterocycles. The van der Waals surface area contributed by atoms with Crippen LogP contribution in [0.25, 0.3) is 0 Å². The van der Waals surface area contributed by atoms with E-state index in [-0.39, 0.29) is 57.0 Å². The van der Waals surface area contributed by atoms with Gasteiger partial charge in [-0.2, -0.15) is 0 Å². The normalized spacial score (nSPS) is 17.1. The van der Waals surface area contributed by atoms with Crippen molar-refractivity contribution in [3.8, 4) is 0 Å². The second kappa shape index (κ2) is 19.2. The molecule has 1 unspecified atom stereocenters. The molecule has 44 heavy (non-hydrogen) atoms. The van der Waals surface area contributed by atoms with Crippen molar-refractivity contribution in [2.75, 3.05) is 52.4 Å². The smallest absolute Gasteiger partial charge is 0.223 e. The summed E-state index contributed by atoms with van der Waals surface area (Å²) in [5.41, 5.74) is 0. The van der Waals surface area contributed by atoms with Crippen LogP contribution in [0.3, 0.4) is 0 Å². The van der Waals surface area contributed by atoms with Crippen molar-refractivity contribution in [1.29, 1.82) is 0 Å². The van der Waals surface area contributed by atoms with Gasteiger partial charge in [0.15, 0.2) is 0 Å². The maximum absolute atomic E-state index is 13.7. The lowest BCUT2D eigenvalue weighted by molar-refractivity contribution is -0.314. The Kier molecular flexibility index (Phi) is 16.1. The van der Waals surface area contributed by atoms with Crippen LogP contribution in [0, 0.1) is 0 Å². The number of aliphatic carboxylic acids is 5. The topological polar surface area (TPSA) is 231 Å². The monoisotopic (exact) mass is 623 g/mol. The van der Waals surface area contributed by atoms with Crippen molar-refractivity contribution in [2.45, 2.75) is 95.2 Å². The number of nitrogens with zero attached hydrogens (tertiary/aromatic N) is 4. The molecule has 0 N–H and O–H groups in total. The standard InChI is InChI=1S/C29H48N4O11/c34-24(33(21-7-3-1-4-8-21)22-9-5-2-6-10-22)12-11-23(29(43)44)32(15-13-30(17-25(35)36)18-26(37)38)16-14-31(19-27(39)40)20-28(41)42/h21-23H,1-20H2,(H,35,36)(H,37,38)(H,39,40)(H,41,42)(H,43,44)/p-5. The number of carbonyl (C=O) groups is 6. The number of hydrogen-bond acceptors (Lipinski definition) is 14. The van der Waals surface area contributed by atoms with Crippen molar-refractivity contribution in [3.63, 3.8) is 0 Å². The van der Waals surface area contributed by atoms with E-state index in [1.807, 2.05) is 4.90 Å². The lowest BCUT2D eigenvalue weighted by Gasteiger charge is -2.42. The molecule has 0 aromatic carbocycles. The fourth-order valence-electron chi connectivity index (χ4n) is 6.38. The Hall–Kier alpha value is -3.30. The molecule has 0 radical (unpaired) electrons. The first-order chi connectivity index (χ1) is 20.9. The highest BCUT2D eigenvalue weighted by Gasteiger charge is 2.33. The Morgan fingerprint density at radius 2 is 0.909 bits per heavy atom. The molecule has 0 spiro atoms. The van der Waals surface area contributed by atoms with Crippen LogP contribution >= 0.6 is 0 Å². The van der Waals surface area contributed by atoms with Crippen molar-refractivity contribution in [2.24, 2.45) is 0 Å². The lowest BCUT2D eigenvalue weighted by atomic mass is 9.88. The van der Waals surface area contributed by atoms with E-state index in [1.165, 1.54) is 4.90 Å². The Labute approximate surface area is 257 Å². The minimum absolute atomic E-state index is 0.0856. The molecule has 15 heteroatoms. The van der Waals surface area contributed by atoms with E-state index in [0.717, 1.165) is 74.0 Å². The van der Waals surface area contributed by atoms with Gasteiger partial charge in [-0.05, 0) is 32.1 Å². The summed E-state index contributed by atoms with van der Waals surface area (Å²) < 4.78 is 0. The average Bonchev–Trinajstić information content (AvgIpc) is 2.93. The summed E-state index contributed by atoms with van der Waals surface area (Å²) in [5, 5.41) is 57.0. The van der Waals surface area contributed by atoms with Gasteiger partial charge in [0.1, 0.15) is 0 Å². The first-order valence-corrected chi connectivity index (χ1v) is 15.4. The maximum atomic E-state index is 13.7. The molecule has 0 aromatic rings. The molecule has 1 atom stereocenters. The zero-order valence-corrected chi connectivity index (χ0v) is 25.2. The van der Waals surface area contributed by atoms with Gasteiger partial charge in [0.05, 0.1) is 29.8 Å². The third kappa shape index (κ3) is 13.6. The first-order valence-electron chi connectivity index (χ1n) is 15.4. The minimum Gasteiger partial charge on any atom is -0.549 e. The summed E-state index contributed by atoms with van der Waals surface area (Å²) in [7, 11) is 0. The maximum Gasteiger partial charge on any atom is 0.223 e. The van der Waals surface area contributed by atoms with Gasteiger partial charge in [0.2, 0.25) is 5.91 Å². The summed E-state index contributed by atoms with van der Waals surface area (Å²) in [6.07, 6.45) is 9.50. The second-order valence-electron chi connectivity index (χ2n) is 11.7. The highest BCUT2D eigenvalue weighted by Crippen LogP contribution is 2.31. The van der Waals surface area contributed by atoms with Crippen LogP contribution in [0.2, 0.25) is 0 Å². The predicted octanol–water partition coefficient (Wildman–Crippen LogP) is -5.72. The highest BCUT2D eigenvalue weighted by molar-refractivity contribution is 5.78. The van der Waals surface area contributed by atoms with Crippen molar-refractivity contribution in [3.05, 3.63) is 0 Å². The SMILES string of the molecule is O=C([O-])CN(CCN(CCN(CC(=O)[O-])CC(=O)[O-])C(CCC(=O)N(C1CCCCC1)C1CCCCC1)C(=O)[O-])CC(=O)[O-]. The number of rotatable bonds is 21. The number of carbonyl (C=O) groups excluding carboxylic acids is 6. The molecule has 0 saturated heterocycles. The zero-order valence-electron chi connectivity index (χ0n) is 25.2. The fraction of sp³-hybridized carbons (Fsp3) is 0.793. The molecule has 2 aliphatic rings. The van der Waals surface area contributed by atoms with E-state index in [2.05, 4.69) is 0 Å². The van der Waals surface area contributed by atoms with Gasteiger partial charge < -0.3 is 54.4 Å². The van der Waals surface area contributed by atoms with Crippen molar-refractivity contribution < 1.29 is 54.3 Å². The number of carboxylic acid groups (broad SMARTS) is 5. The van der Waals surface area contributed by atoms with Gasteiger partial charge in [-0.15, -0.1) is 0 Å². The van der Waals surface area contributed by atoms with E-state index < -0.39 is 62.1 Å². The molecular weight excluding hydrogens is 580 g/mol. The summed E-state index contributed by atoms with van der Waals surface area (Å²) in [5.74, 6) is -7.99. The second-order valence-corrected chi connectivity index (χ2v) is 11.7. The van der Waals surface area contributed by atoms with Gasteiger partial charge in [-0.25, -0.2) is 0 Å². The summed E-state index contributed by atoms with van der Waals surface area (Å²) in [6.45, 7) is -4.12. The fourth-order valence-corrected chi connectivity index (χ4v) is 6.38. The van der Waals surface area contributed by atoms with Crippen LogP contribution < -0.4 is 25.5 Å². The van der Waals surface area contributed by atoms with Gasteiger partial charge in [-0.1, -0.05) is 38.5 Å². The molecule has 2 rings (SSSR count). The first kappa shape index (κ1) is 36.9. The quantitative estimate of drug-likeness (QED) is 0.116. The summed E-state index contributed by atoms with van der Waals surface area (Å²) in [6, 6.07) is -1.23. The Bertz CT molecular complexity index is 892. The zero-order chi connectivity index (χ0) is 32.6. The Balaban J connectivity index is 2.25. The van der Waals surface area contributed by atoms with Crippen LogP contribution in [-0.2, 0) is 28.8 Å². The molecule has 2 aliphatic carbocycles. The minimum atomic E-state index is -1.57. The van der Waals surface area contributed by atoms with Crippen LogP contribution in [0.15, 0.2) is 0 Å². The molecule has 2 saturated carbocycles. The molecule has 0 heterocycles. The summed E-state index contributed by atoms with van der Waals surface area (Å²) >= 11 is 0. The molecule has 2 fully saturated rings. The number of carboxylic acids is 5. The van der Waals surface area contributed by atoms with Gasteiger partial charge in [0, 0.05) is 76.9 Å². The number of amides is 1. The third-order valence-electron chi connectivity index (χ3n) is 8.39. The third-order valence-corrected chi connectivity index (χ3v) is 8.39. The van der Waals surface area contributed by atoms with Crippen LogP contribution in [-0.4, -0.2) is 126 Å². The van der Waals surface area contributed by atoms with E-state index in [9.17, 15) is 54.3 Å². The van der Waals surface area contributed by atoms with E-state index in [1.54, 1.807) is 0 Å². The molecular formula is C29H43N4O11-5. The average molecular weight is 624 g/mol. The van der Waals surface area contributed by atoms with Crippen LogP contribution in [0.1, 0.15) is 77.0 Å². The molecule has 250 valence electrons. The van der Waals surface area contributed by atoms with Gasteiger partial charge in [-0.3, -0.25) is 19.5 Å². The lowest BCUT2D eigenvalue weighted by Crippen LogP contribution is -2.55. The van der Waals surface area contributed by atoms with Gasteiger partial charge in [0.25, 0.3) is 0 Å². The molecule has 15 nitrogen and oxygen atoms in total. The Morgan fingerprint density at radius 3 is 1.23 bits per heavy atom. The molecule has 0 aromatic heterocycles. The van der Waals surface area contributed by atoms with E-state index >= 15 is 0 Å². The summed E-state index contributed by atoms with van der Waals surface area (Å²) in [4.78, 5) is 75.9. The van der Waals surface area contributed by atoms with Crippen molar-refractivity contribution >= 4 is 35.8 Å². The van der Waals surface area contributed by atoms with Gasteiger partial charge >= 0.3 is 0 Å².